The lowest BCUT2D eigenvalue weighted by atomic mass is 10.1. The highest BCUT2D eigenvalue weighted by atomic mass is 16.4. The largest absolute Gasteiger partial charge is 0.481 e. The van der Waals surface area contributed by atoms with Gasteiger partial charge in [0.25, 0.3) is 0 Å². The van der Waals surface area contributed by atoms with Gasteiger partial charge in [0, 0.05) is 25.1 Å². The first-order valence-electron chi connectivity index (χ1n) is 8.23. The van der Waals surface area contributed by atoms with Crippen LogP contribution in [-0.2, 0) is 25.7 Å². The molecule has 10 nitrogen and oxygen atoms in total. The van der Waals surface area contributed by atoms with Crippen molar-refractivity contribution in [3.8, 4) is 0 Å². The molecule has 0 bridgehead atoms. The van der Waals surface area contributed by atoms with E-state index in [2.05, 4.69) is 10.6 Å². The minimum absolute atomic E-state index is 0.0542. The van der Waals surface area contributed by atoms with Gasteiger partial charge in [0.05, 0.1) is 6.04 Å². The van der Waals surface area contributed by atoms with Gasteiger partial charge in [-0.25, -0.2) is 4.79 Å². The van der Waals surface area contributed by atoms with E-state index >= 15 is 0 Å². The van der Waals surface area contributed by atoms with Crippen molar-refractivity contribution in [3.05, 3.63) is 29.8 Å². The van der Waals surface area contributed by atoms with E-state index < -0.39 is 42.3 Å². The average molecular weight is 381 g/mol. The molecule has 0 aromatic heterocycles. The number of hydrogen-bond acceptors (Lipinski definition) is 6. The Balaban J connectivity index is 2.75. The van der Waals surface area contributed by atoms with E-state index in [9.17, 15) is 19.2 Å². The Labute approximate surface area is 155 Å². The molecule has 2 atom stereocenters. The number of amides is 1. The number of nitrogen functional groups attached to an aromatic ring is 1. The number of carbonyl (C=O) groups is 4. The van der Waals surface area contributed by atoms with E-state index in [0.29, 0.717) is 5.69 Å². The summed E-state index contributed by atoms with van der Waals surface area (Å²) in [5, 5.41) is 31.8. The number of carboxylic acid groups (broad SMARTS) is 3. The van der Waals surface area contributed by atoms with Gasteiger partial charge >= 0.3 is 17.9 Å². The maximum Gasteiger partial charge on any atom is 0.326 e. The Hall–Kier alpha value is -3.14. The number of nitrogens with one attached hydrogen (secondary N) is 2. The van der Waals surface area contributed by atoms with Crippen LogP contribution in [0.1, 0.15) is 31.2 Å². The van der Waals surface area contributed by atoms with Gasteiger partial charge in [-0.3, -0.25) is 14.4 Å². The molecule has 1 rings (SSSR count). The highest BCUT2D eigenvalue weighted by molar-refractivity contribution is 5.87. The quantitative estimate of drug-likeness (QED) is 0.272. The lowest BCUT2D eigenvalue weighted by Gasteiger charge is -2.21. The molecular formula is C17H23N3O7. The predicted molar refractivity (Wildman–Crippen MR) is 94.8 cm³/mol. The Bertz CT molecular complexity index is 676. The third-order valence-electron chi connectivity index (χ3n) is 3.76. The van der Waals surface area contributed by atoms with Crippen molar-refractivity contribution in [2.75, 3.05) is 5.73 Å². The first-order valence-corrected chi connectivity index (χ1v) is 8.23. The van der Waals surface area contributed by atoms with E-state index in [1.165, 1.54) is 0 Å². The summed E-state index contributed by atoms with van der Waals surface area (Å²) in [6.07, 6.45) is -1.04. The SMILES string of the molecule is Nc1ccc(CN[C@@H](CCC(=O)O)C(=O)N[C@@H](CCC(=O)O)C(=O)O)cc1. The zero-order valence-corrected chi connectivity index (χ0v) is 14.6. The van der Waals surface area contributed by atoms with Crippen LogP contribution >= 0.6 is 0 Å². The van der Waals surface area contributed by atoms with Crippen molar-refractivity contribution in [3.63, 3.8) is 0 Å². The van der Waals surface area contributed by atoms with Crippen LogP contribution in [0.2, 0.25) is 0 Å². The topological polar surface area (TPSA) is 179 Å². The molecule has 0 saturated heterocycles. The second-order valence-corrected chi connectivity index (χ2v) is 5.94. The number of aliphatic carboxylic acids is 3. The second kappa shape index (κ2) is 10.8. The van der Waals surface area contributed by atoms with Crippen molar-refractivity contribution < 1.29 is 34.5 Å². The molecule has 27 heavy (non-hydrogen) atoms. The zero-order valence-electron chi connectivity index (χ0n) is 14.6. The number of carbonyl (C=O) groups excluding carboxylic acids is 1. The fourth-order valence-electron chi connectivity index (χ4n) is 2.27. The highest BCUT2D eigenvalue weighted by Gasteiger charge is 2.26. The lowest BCUT2D eigenvalue weighted by Crippen LogP contribution is -2.50. The van der Waals surface area contributed by atoms with Gasteiger partial charge in [-0.1, -0.05) is 12.1 Å². The van der Waals surface area contributed by atoms with Crippen LogP contribution in [-0.4, -0.2) is 51.2 Å². The van der Waals surface area contributed by atoms with Crippen LogP contribution in [0.15, 0.2) is 24.3 Å². The molecule has 0 aliphatic rings. The molecule has 1 aromatic rings. The molecular weight excluding hydrogens is 358 g/mol. The van der Waals surface area contributed by atoms with Gasteiger partial charge < -0.3 is 31.7 Å². The second-order valence-electron chi connectivity index (χ2n) is 5.94. The molecule has 0 unspecified atom stereocenters. The van der Waals surface area contributed by atoms with Gasteiger partial charge in [-0.15, -0.1) is 0 Å². The monoisotopic (exact) mass is 381 g/mol. The summed E-state index contributed by atoms with van der Waals surface area (Å²) in [4.78, 5) is 45.0. The van der Waals surface area contributed by atoms with Crippen molar-refractivity contribution >= 4 is 29.5 Å². The van der Waals surface area contributed by atoms with Gasteiger partial charge in [-0.2, -0.15) is 0 Å². The minimum Gasteiger partial charge on any atom is -0.481 e. The van der Waals surface area contributed by atoms with Crippen LogP contribution < -0.4 is 16.4 Å². The summed E-state index contributed by atoms with van der Waals surface area (Å²) >= 11 is 0. The van der Waals surface area contributed by atoms with Crippen molar-refractivity contribution in [1.82, 2.24) is 10.6 Å². The molecule has 0 heterocycles. The normalized spacial score (nSPS) is 12.7. The first kappa shape index (κ1) is 21.9. The lowest BCUT2D eigenvalue weighted by molar-refractivity contribution is -0.144. The Morgan fingerprint density at radius 2 is 1.41 bits per heavy atom. The van der Waals surface area contributed by atoms with E-state index in [1.54, 1.807) is 24.3 Å². The number of hydrogen-bond donors (Lipinski definition) is 6. The minimum atomic E-state index is -1.38. The number of rotatable bonds is 12. The third-order valence-corrected chi connectivity index (χ3v) is 3.76. The van der Waals surface area contributed by atoms with E-state index in [1.807, 2.05) is 0 Å². The smallest absolute Gasteiger partial charge is 0.326 e. The standard InChI is InChI=1S/C17H23N3O7/c18-11-3-1-10(2-4-11)9-19-12(5-7-14(21)22)16(25)20-13(17(26)27)6-8-15(23)24/h1-4,12-13,19H,5-9,18H2,(H,20,25)(H,21,22)(H,23,24)(H,26,27)/t12-,13-/m0/s1. The third kappa shape index (κ3) is 8.68. The molecule has 148 valence electrons. The highest BCUT2D eigenvalue weighted by Crippen LogP contribution is 2.07. The van der Waals surface area contributed by atoms with Crippen molar-refractivity contribution in [2.24, 2.45) is 0 Å². The Morgan fingerprint density at radius 3 is 1.89 bits per heavy atom. The van der Waals surface area contributed by atoms with E-state index in [-0.39, 0.29) is 25.8 Å². The fourth-order valence-corrected chi connectivity index (χ4v) is 2.27. The van der Waals surface area contributed by atoms with E-state index in [4.69, 9.17) is 21.1 Å². The molecule has 0 radical (unpaired) electrons. The van der Waals surface area contributed by atoms with Crippen molar-refractivity contribution in [1.29, 1.82) is 0 Å². The van der Waals surface area contributed by atoms with Gasteiger partial charge in [0.15, 0.2) is 0 Å². The Kier molecular flexibility index (Phi) is 8.73. The van der Waals surface area contributed by atoms with Crippen LogP contribution in [0.3, 0.4) is 0 Å². The fraction of sp³-hybridized carbons (Fsp3) is 0.412. The molecule has 7 N–H and O–H groups in total. The summed E-state index contributed by atoms with van der Waals surface area (Å²) in [5.41, 5.74) is 6.97. The maximum absolute atomic E-state index is 12.4. The van der Waals surface area contributed by atoms with Crippen LogP contribution in [0, 0.1) is 0 Å². The molecule has 10 heteroatoms. The molecule has 0 saturated carbocycles. The predicted octanol–water partition coefficient (Wildman–Crippen LogP) is 0.0260. The maximum atomic E-state index is 12.4. The average Bonchev–Trinajstić information content (AvgIpc) is 2.59. The zero-order chi connectivity index (χ0) is 20.4. The molecule has 1 amide bonds. The number of benzene rings is 1. The van der Waals surface area contributed by atoms with Crippen molar-refractivity contribution in [2.45, 2.75) is 44.3 Å². The summed E-state index contributed by atoms with van der Waals surface area (Å²) in [6.45, 7) is 0.241. The summed E-state index contributed by atoms with van der Waals surface area (Å²) in [5.74, 6) is -4.34. The Morgan fingerprint density at radius 1 is 0.889 bits per heavy atom. The first-order chi connectivity index (χ1) is 12.7. The molecule has 0 aliphatic heterocycles. The molecule has 0 aliphatic carbocycles. The summed E-state index contributed by atoms with van der Waals surface area (Å²) < 4.78 is 0. The van der Waals surface area contributed by atoms with Gasteiger partial charge in [0.1, 0.15) is 6.04 Å². The molecule has 1 aromatic carbocycles. The van der Waals surface area contributed by atoms with Gasteiger partial charge in [-0.05, 0) is 30.5 Å². The molecule has 0 fully saturated rings. The van der Waals surface area contributed by atoms with Gasteiger partial charge in [0.2, 0.25) is 5.91 Å². The van der Waals surface area contributed by atoms with E-state index in [0.717, 1.165) is 5.56 Å². The summed E-state index contributed by atoms with van der Waals surface area (Å²) in [6, 6.07) is 4.50. The number of anilines is 1. The number of carboxylic acids is 3. The van der Waals surface area contributed by atoms with Crippen LogP contribution in [0.25, 0.3) is 0 Å². The van der Waals surface area contributed by atoms with Crippen LogP contribution in [0.4, 0.5) is 5.69 Å². The van der Waals surface area contributed by atoms with Crippen LogP contribution in [0.5, 0.6) is 0 Å². The summed E-state index contributed by atoms with van der Waals surface area (Å²) in [7, 11) is 0. The number of nitrogens with two attached hydrogens (primary N) is 1. The molecule has 0 spiro atoms.